The highest BCUT2D eigenvalue weighted by molar-refractivity contribution is 5.80. The van der Waals surface area contributed by atoms with E-state index in [9.17, 15) is 18.0 Å². The third-order valence-corrected chi connectivity index (χ3v) is 4.69. The lowest BCUT2D eigenvalue weighted by Crippen LogP contribution is -2.44. The van der Waals surface area contributed by atoms with Gasteiger partial charge in [0.25, 0.3) is 0 Å². The zero-order valence-electron chi connectivity index (χ0n) is 12.8. The lowest BCUT2D eigenvalue weighted by molar-refractivity contribution is -0.185. The molecule has 2 aliphatic heterocycles. The molecule has 1 aromatic carbocycles. The molecule has 0 aliphatic carbocycles. The third kappa shape index (κ3) is 3.15. The predicted octanol–water partition coefficient (Wildman–Crippen LogP) is 1.98. The largest absolute Gasteiger partial charge is 0.497 e. The molecule has 0 aromatic heterocycles. The van der Waals surface area contributed by atoms with Gasteiger partial charge < -0.3 is 15.0 Å². The number of halogens is 3. The molecule has 0 spiro atoms. The number of amides is 1. The summed E-state index contributed by atoms with van der Waals surface area (Å²) >= 11 is 0. The number of fused-ring (bicyclic) bond motifs is 1. The van der Waals surface area contributed by atoms with Crippen LogP contribution in [-0.2, 0) is 17.8 Å². The molecule has 2 heterocycles. The molecule has 1 N–H and O–H groups in total. The minimum atomic E-state index is -4.35. The van der Waals surface area contributed by atoms with E-state index in [2.05, 4.69) is 5.32 Å². The molecule has 0 bridgehead atoms. The SMILES string of the molecule is COc1ccc2c(c1)CN(C(=O)[C@@H]1CNC[C@H]1C(F)(F)F)CC2. The van der Waals surface area contributed by atoms with Gasteiger partial charge in [-0.2, -0.15) is 13.2 Å². The molecular weight excluding hydrogens is 309 g/mol. The van der Waals surface area contributed by atoms with Crippen molar-refractivity contribution in [3.63, 3.8) is 0 Å². The van der Waals surface area contributed by atoms with Gasteiger partial charge in [-0.05, 0) is 29.7 Å². The third-order valence-electron chi connectivity index (χ3n) is 4.69. The van der Waals surface area contributed by atoms with Crippen molar-refractivity contribution in [1.82, 2.24) is 10.2 Å². The highest BCUT2D eigenvalue weighted by Crippen LogP contribution is 2.36. The Bertz CT molecular complexity index is 603. The Morgan fingerprint density at radius 1 is 1.30 bits per heavy atom. The second-order valence-electron chi connectivity index (χ2n) is 6.06. The van der Waals surface area contributed by atoms with Gasteiger partial charge in [0.1, 0.15) is 5.75 Å². The maximum absolute atomic E-state index is 13.0. The van der Waals surface area contributed by atoms with Gasteiger partial charge in [-0.1, -0.05) is 6.07 Å². The summed E-state index contributed by atoms with van der Waals surface area (Å²) in [6, 6.07) is 5.66. The summed E-state index contributed by atoms with van der Waals surface area (Å²) in [6.45, 7) is 0.703. The van der Waals surface area contributed by atoms with Gasteiger partial charge in [0.2, 0.25) is 5.91 Å². The van der Waals surface area contributed by atoms with Crippen molar-refractivity contribution >= 4 is 5.91 Å². The number of ether oxygens (including phenoxy) is 1. The maximum Gasteiger partial charge on any atom is 0.393 e. The normalized spacial score (nSPS) is 24.4. The van der Waals surface area contributed by atoms with Gasteiger partial charge in [-0.15, -0.1) is 0 Å². The standard InChI is InChI=1S/C16H19F3N2O2/c1-23-12-3-2-10-4-5-21(9-11(10)6-12)15(22)13-7-20-8-14(13)16(17,18)19/h2-3,6,13-14,20H,4-5,7-9H2,1H3/t13-,14-/m1/s1. The Balaban J connectivity index is 1.76. The van der Waals surface area contributed by atoms with Crippen LogP contribution in [0.5, 0.6) is 5.75 Å². The molecule has 0 saturated carbocycles. The fourth-order valence-corrected chi connectivity index (χ4v) is 3.37. The van der Waals surface area contributed by atoms with Gasteiger partial charge in [-0.25, -0.2) is 0 Å². The number of carbonyl (C=O) groups excluding carboxylic acids is 1. The van der Waals surface area contributed by atoms with Gasteiger partial charge in [0.15, 0.2) is 0 Å². The molecule has 7 heteroatoms. The van der Waals surface area contributed by atoms with E-state index < -0.39 is 23.9 Å². The Hall–Kier alpha value is -1.76. The predicted molar refractivity (Wildman–Crippen MR) is 78.0 cm³/mol. The van der Waals surface area contributed by atoms with E-state index in [0.29, 0.717) is 25.3 Å². The van der Waals surface area contributed by atoms with Crippen LogP contribution in [0.2, 0.25) is 0 Å². The molecular formula is C16H19F3N2O2. The number of hydrogen-bond acceptors (Lipinski definition) is 3. The van der Waals surface area contributed by atoms with Crippen molar-refractivity contribution in [3.8, 4) is 5.75 Å². The van der Waals surface area contributed by atoms with E-state index in [4.69, 9.17) is 4.74 Å². The molecule has 2 atom stereocenters. The van der Waals surface area contributed by atoms with E-state index in [0.717, 1.165) is 11.1 Å². The van der Waals surface area contributed by atoms with Crippen LogP contribution < -0.4 is 10.1 Å². The number of hydrogen-bond donors (Lipinski definition) is 1. The summed E-state index contributed by atoms with van der Waals surface area (Å²) in [5.74, 6) is -2.34. The van der Waals surface area contributed by atoms with Gasteiger partial charge >= 0.3 is 6.18 Å². The average Bonchev–Trinajstić information content (AvgIpc) is 3.03. The fraction of sp³-hybridized carbons (Fsp3) is 0.562. The van der Waals surface area contributed by atoms with Crippen molar-refractivity contribution in [1.29, 1.82) is 0 Å². The lowest BCUT2D eigenvalue weighted by atomic mass is 9.92. The Kier molecular flexibility index (Phi) is 4.23. The Morgan fingerprint density at radius 2 is 2.09 bits per heavy atom. The summed E-state index contributed by atoms with van der Waals surface area (Å²) < 4.78 is 44.3. The minimum Gasteiger partial charge on any atom is -0.497 e. The molecule has 1 aromatic rings. The van der Waals surface area contributed by atoms with Crippen LogP contribution in [-0.4, -0.2) is 43.7 Å². The van der Waals surface area contributed by atoms with Gasteiger partial charge in [-0.3, -0.25) is 4.79 Å². The second kappa shape index (κ2) is 6.03. The van der Waals surface area contributed by atoms with Crippen molar-refractivity contribution in [2.45, 2.75) is 19.1 Å². The molecule has 126 valence electrons. The minimum absolute atomic E-state index is 0.0878. The van der Waals surface area contributed by atoms with Crippen molar-refractivity contribution in [3.05, 3.63) is 29.3 Å². The lowest BCUT2D eigenvalue weighted by Gasteiger charge is -2.32. The molecule has 1 fully saturated rings. The summed E-state index contributed by atoms with van der Waals surface area (Å²) in [7, 11) is 1.56. The van der Waals surface area contributed by atoms with Crippen LogP contribution in [0, 0.1) is 11.8 Å². The number of nitrogens with one attached hydrogen (secondary N) is 1. The quantitative estimate of drug-likeness (QED) is 0.903. The first kappa shape index (κ1) is 16.1. The van der Waals surface area contributed by atoms with Gasteiger partial charge in [0, 0.05) is 26.2 Å². The molecule has 3 rings (SSSR count). The van der Waals surface area contributed by atoms with Crippen LogP contribution in [0.15, 0.2) is 18.2 Å². The van der Waals surface area contributed by atoms with Crippen molar-refractivity contribution in [2.75, 3.05) is 26.7 Å². The zero-order valence-corrected chi connectivity index (χ0v) is 12.8. The Morgan fingerprint density at radius 3 is 2.78 bits per heavy atom. The highest BCUT2D eigenvalue weighted by Gasteiger charge is 2.50. The molecule has 1 amide bonds. The Labute approximate surface area is 132 Å². The molecule has 2 aliphatic rings. The maximum atomic E-state index is 13.0. The monoisotopic (exact) mass is 328 g/mol. The molecule has 1 saturated heterocycles. The molecule has 0 radical (unpaired) electrons. The van der Waals surface area contributed by atoms with Crippen LogP contribution in [0.4, 0.5) is 13.2 Å². The van der Waals surface area contributed by atoms with Crippen LogP contribution in [0.1, 0.15) is 11.1 Å². The van der Waals surface area contributed by atoms with E-state index in [-0.39, 0.29) is 13.1 Å². The number of carbonyl (C=O) groups is 1. The summed E-state index contributed by atoms with van der Waals surface area (Å²) in [4.78, 5) is 14.1. The van der Waals surface area contributed by atoms with Crippen molar-refractivity contribution in [2.24, 2.45) is 11.8 Å². The second-order valence-corrected chi connectivity index (χ2v) is 6.06. The molecule has 0 unspecified atom stereocenters. The number of methoxy groups -OCH3 is 1. The number of benzene rings is 1. The van der Waals surface area contributed by atoms with Crippen molar-refractivity contribution < 1.29 is 22.7 Å². The number of nitrogens with zero attached hydrogens (tertiary/aromatic N) is 1. The van der Waals surface area contributed by atoms with Crippen LogP contribution in [0.3, 0.4) is 0 Å². The number of alkyl halides is 3. The summed E-state index contributed by atoms with van der Waals surface area (Å²) in [6.07, 6.45) is -3.69. The smallest absolute Gasteiger partial charge is 0.393 e. The first-order valence-electron chi connectivity index (χ1n) is 7.62. The van der Waals surface area contributed by atoms with E-state index >= 15 is 0 Å². The summed E-state index contributed by atoms with van der Waals surface area (Å²) in [5, 5.41) is 2.70. The molecule has 4 nitrogen and oxygen atoms in total. The highest BCUT2D eigenvalue weighted by atomic mass is 19.4. The first-order chi connectivity index (χ1) is 10.9. The van der Waals surface area contributed by atoms with E-state index in [1.165, 1.54) is 4.90 Å². The molecule has 23 heavy (non-hydrogen) atoms. The topological polar surface area (TPSA) is 41.6 Å². The average molecular weight is 328 g/mol. The zero-order chi connectivity index (χ0) is 16.6. The first-order valence-corrected chi connectivity index (χ1v) is 7.62. The van der Waals surface area contributed by atoms with Crippen LogP contribution in [0.25, 0.3) is 0 Å². The number of rotatable bonds is 2. The fourth-order valence-electron chi connectivity index (χ4n) is 3.37. The van der Waals surface area contributed by atoms with E-state index in [1.54, 1.807) is 7.11 Å². The van der Waals surface area contributed by atoms with Crippen LogP contribution >= 0.6 is 0 Å². The summed E-state index contributed by atoms with van der Waals surface area (Å²) in [5.41, 5.74) is 2.06. The van der Waals surface area contributed by atoms with E-state index in [1.807, 2.05) is 18.2 Å². The van der Waals surface area contributed by atoms with Gasteiger partial charge in [0.05, 0.1) is 18.9 Å².